The molecule has 0 saturated carbocycles. The van der Waals surface area contributed by atoms with Crippen LogP contribution >= 0.6 is 15.9 Å². The van der Waals surface area contributed by atoms with Crippen molar-refractivity contribution < 1.29 is 9.90 Å². The van der Waals surface area contributed by atoms with Crippen molar-refractivity contribution in [2.24, 2.45) is 5.73 Å². The quantitative estimate of drug-likeness (QED) is 0.874. The molecule has 2 rings (SSSR count). The molecule has 0 radical (unpaired) electrons. The molecule has 0 aromatic heterocycles. The summed E-state index contributed by atoms with van der Waals surface area (Å²) < 4.78 is 0.780. The molecular formula is C12H15BrN2O2. The molecule has 1 aliphatic rings. The number of phenolic OH excluding ortho intramolecular Hbond substituents is 1. The third-order valence-corrected chi connectivity index (χ3v) is 3.59. The van der Waals surface area contributed by atoms with Gasteiger partial charge in [0.2, 0.25) is 0 Å². The largest absolute Gasteiger partial charge is 0.507 e. The standard InChI is InChI=1S/C12H15BrN2O2/c13-8-3-4-11(16)10(6-8)12(17)15-5-1-2-9(15)7-14/h3-4,6,9,16H,1-2,5,7,14H2. The van der Waals surface area contributed by atoms with E-state index in [2.05, 4.69) is 15.9 Å². The fraction of sp³-hybridized carbons (Fsp3) is 0.417. The highest BCUT2D eigenvalue weighted by Gasteiger charge is 2.29. The fourth-order valence-corrected chi connectivity index (χ4v) is 2.54. The molecule has 1 heterocycles. The van der Waals surface area contributed by atoms with Gasteiger partial charge >= 0.3 is 0 Å². The summed E-state index contributed by atoms with van der Waals surface area (Å²) in [4.78, 5) is 14.0. The Kier molecular flexibility index (Phi) is 3.69. The second-order valence-electron chi connectivity index (χ2n) is 4.19. The molecule has 92 valence electrons. The lowest BCUT2D eigenvalue weighted by molar-refractivity contribution is 0.0738. The summed E-state index contributed by atoms with van der Waals surface area (Å²) >= 11 is 3.30. The number of amides is 1. The van der Waals surface area contributed by atoms with Gasteiger partial charge in [-0.2, -0.15) is 0 Å². The molecule has 3 N–H and O–H groups in total. The van der Waals surface area contributed by atoms with E-state index in [1.165, 1.54) is 6.07 Å². The summed E-state index contributed by atoms with van der Waals surface area (Å²) in [5.74, 6) is -0.127. The number of phenols is 1. The number of carbonyl (C=O) groups excluding carboxylic acids is 1. The Balaban J connectivity index is 2.27. The van der Waals surface area contributed by atoms with Crippen molar-refractivity contribution in [1.82, 2.24) is 4.90 Å². The van der Waals surface area contributed by atoms with E-state index in [0.717, 1.165) is 17.3 Å². The van der Waals surface area contributed by atoms with Gasteiger partial charge in [-0.1, -0.05) is 15.9 Å². The van der Waals surface area contributed by atoms with Crippen LogP contribution in [0.3, 0.4) is 0 Å². The zero-order valence-electron chi connectivity index (χ0n) is 9.40. The summed E-state index contributed by atoms with van der Waals surface area (Å²) in [6.45, 7) is 1.19. The Morgan fingerprint density at radius 2 is 2.35 bits per heavy atom. The fourth-order valence-electron chi connectivity index (χ4n) is 2.18. The van der Waals surface area contributed by atoms with Gasteiger partial charge in [0.1, 0.15) is 5.75 Å². The van der Waals surface area contributed by atoms with Crippen molar-refractivity contribution in [2.45, 2.75) is 18.9 Å². The lowest BCUT2D eigenvalue weighted by Crippen LogP contribution is -2.39. The molecular weight excluding hydrogens is 284 g/mol. The average Bonchev–Trinajstić information content (AvgIpc) is 2.79. The lowest BCUT2D eigenvalue weighted by atomic mass is 10.1. The van der Waals surface area contributed by atoms with Crippen molar-refractivity contribution in [3.63, 3.8) is 0 Å². The van der Waals surface area contributed by atoms with Crippen LogP contribution in [0.25, 0.3) is 0 Å². The average molecular weight is 299 g/mol. The van der Waals surface area contributed by atoms with Crippen LogP contribution < -0.4 is 5.73 Å². The minimum absolute atomic E-state index is 0.0147. The number of benzene rings is 1. The second-order valence-corrected chi connectivity index (χ2v) is 5.11. The van der Waals surface area contributed by atoms with Crippen LogP contribution in [0.4, 0.5) is 0 Å². The maximum atomic E-state index is 12.3. The molecule has 0 bridgehead atoms. The van der Waals surface area contributed by atoms with Crippen LogP contribution in [-0.2, 0) is 0 Å². The van der Waals surface area contributed by atoms with Gasteiger partial charge in [0.05, 0.1) is 5.56 Å². The summed E-state index contributed by atoms with van der Waals surface area (Å²) in [5, 5.41) is 9.73. The molecule has 0 aliphatic carbocycles. The lowest BCUT2D eigenvalue weighted by Gasteiger charge is -2.23. The number of carbonyl (C=O) groups is 1. The van der Waals surface area contributed by atoms with Crippen molar-refractivity contribution in [3.05, 3.63) is 28.2 Å². The molecule has 0 spiro atoms. The molecule has 1 aromatic rings. The van der Waals surface area contributed by atoms with Gasteiger partial charge in [0, 0.05) is 23.6 Å². The zero-order chi connectivity index (χ0) is 12.4. The smallest absolute Gasteiger partial charge is 0.257 e. The number of nitrogens with two attached hydrogens (primary N) is 1. The normalized spacial score (nSPS) is 19.6. The Morgan fingerprint density at radius 1 is 1.59 bits per heavy atom. The minimum atomic E-state index is -0.142. The molecule has 1 aliphatic heterocycles. The first-order valence-corrected chi connectivity index (χ1v) is 6.42. The monoisotopic (exact) mass is 298 g/mol. The summed E-state index contributed by atoms with van der Waals surface area (Å²) in [7, 11) is 0. The van der Waals surface area contributed by atoms with E-state index < -0.39 is 0 Å². The molecule has 1 atom stereocenters. The van der Waals surface area contributed by atoms with Crippen LogP contribution in [0.5, 0.6) is 5.75 Å². The van der Waals surface area contributed by atoms with Gasteiger partial charge in [-0.05, 0) is 31.0 Å². The molecule has 1 amide bonds. The zero-order valence-corrected chi connectivity index (χ0v) is 11.0. The van der Waals surface area contributed by atoms with E-state index in [1.54, 1.807) is 17.0 Å². The highest BCUT2D eigenvalue weighted by Crippen LogP contribution is 2.26. The number of nitrogens with zero attached hydrogens (tertiary/aromatic N) is 1. The topological polar surface area (TPSA) is 66.6 Å². The maximum absolute atomic E-state index is 12.3. The number of halogens is 1. The maximum Gasteiger partial charge on any atom is 0.257 e. The Labute approximate surface area is 109 Å². The minimum Gasteiger partial charge on any atom is -0.507 e. The molecule has 1 fully saturated rings. The van der Waals surface area contributed by atoms with E-state index in [0.29, 0.717) is 18.7 Å². The van der Waals surface area contributed by atoms with Crippen LogP contribution in [0, 0.1) is 0 Å². The van der Waals surface area contributed by atoms with Crippen LogP contribution in [0.2, 0.25) is 0 Å². The van der Waals surface area contributed by atoms with E-state index in [4.69, 9.17) is 5.73 Å². The number of hydrogen-bond acceptors (Lipinski definition) is 3. The summed E-state index contributed by atoms with van der Waals surface area (Å²) in [6, 6.07) is 4.96. The Bertz CT molecular complexity index is 437. The molecule has 1 unspecified atom stereocenters. The van der Waals surface area contributed by atoms with Crippen LogP contribution in [0.15, 0.2) is 22.7 Å². The van der Waals surface area contributed by atoms with E-state index in [1.807, 2.05) is 0 Å². The highest BCUT2D eigenvalue weighted by molar-refractivity contribution is 9.10. The van der Waals surface area contributed by atoms with E-state index in [9.17, 15) is 9.90 Å². The first-order chi connectivity index (χ1) is 8.13. The van der Waals surface area contributed by atoms with Crippen molar-refractivity contribution in [3.8, 4) is 5.75 Å². The van der Waals surface area contributed by atoms with Crippen LogP contribution in [0.1, 0.15) is 23.2 Å². The van der Waals surface area contributed by atoms with Gasteiger partial charge < -0.3 is 15.7 Å². The van der Waals surface area contributed by atoms with Gasteiger partial charge in [-0.3, -0.25) is 4.79 Å². The predicted molar refractivity (Wildman–Crippen MR) is 68.9 cm³/mol. The molecule has 4 nitrogen and oxygen atoms in total. The van der Waals surface area contributed by atoms with Crippen molar-refractivity contribution in [1.29, 1.82) is 0 Å². The first-order valence-electron chi connectivity index (χ1n) is 5.63. The van der Waals surface area contributed by atoms with E-state index >= 15 is 0 Å². The molecule has 17 heavy (non-hydrogen) atoms. The Morgan fingerprint density at radius 3 is 3.06 bits per heavy atom. The summed E-state index contributed by atoms with van der Waals surface area (Å²) in [5.41, 5.74) is 5.98. The molecule has 5 heteroatoms. The van der Waals surface area contributed by atoms with Crippen molar-refractivity contribution >= 4 is 21.8 Å². The number of hydrogen-bond donors (Lipinski definition) is 2. The van der Waals surface area contributed by atoms with E-state index in [-0.39, 0.29) is 17.7 Å². The second kappa shape index (κ2) is 5.06. The van der Waals surface area contributed by atoms with Gasteiger partial charge in [0.15, 0.2) is 0 Å². The van der Waals surface area contributed by atoms with Gasteiger partial charge in [0.25, 0.3) is 5.91 Å². The van der Waals surface area contributed by atoms with Gasteiger partial charge in [-0.25, -0.2) is 0 Å². The third-order valence-electron chi connectivity index (χ3n) is 3.10. The molecule has 1 aromatic carbocycles. The van der Waals surface area contributed by atoms with Crippen molar-refractivity contribution in [2.75, 3.05) is 13.1 Å². The number of rotatable bonds is 2. The first kappa shape index (κ1) is 12.4. The number of likely N-dealkylation sites (tertiary alicyclic amines) is 1. The SMILES string of the molecule is NCC1CCCN1C(=O)c1cc(Br)ccc1O. The third kappa shape index (κ3) is 2.45. The molecule has 1 saturated heterocycles. The predicted octanol–water partition coefficient (Wildman–Crippen LogP) is 1.72. The van der Waals surface area contributed by atoms with Crippen LogP contribution in [-0.4, -0.2) is 35.0 Å². The van der Waals surface area contributed by atoms with Gasteiger partial charge in [-0.15, -0.1) is 0 Å². The Hall–Kier alpha value is -1.07. The highest BCUT2D eigenvalue weighted by atomic mass is 79.9. The summed E-state index contributed by atoms with van der Waals surface area (Å²) in [6.07, 6.45) is 1.92. The number of aromatic hydroxyl groups is 1.